The van der Waals surface area contributed by atoms with Crippen molar-refractivity contribution in [3.8, 4) is 0 Å². The number of amides is 1. The first-order valence-corrected chi connectivity index (χ1v) is 9.46. The van der Waals surface area contributed by atoms with Gasteiger partial charge in [-0.2, -0.15) is 13.2 Å². The number of imidazole rings is 1. The lowest BCUT2D eigenvalue weighted by atomic mass is 9.91. The van der Waals surface area contributed by atoms with Gasteiger partial charge < -0.3 is 9.72 Å². The lowest BCUT2D eigenvalue weighted by molar-refractivity contribution is -0.137. The molecule has 0 saturated carbocycles. The molecule has 158 valence electrons. The molecule has 2 aromatic carbocycles. The molecule has 4 aromatic rings. The summed E-state index contributed by atoms with van der Waals surface area (Å²) in [6.45, 7) is 0. The average molecular weight is 427 g/mol. The monoisotopic (exact) mass is 427 g/mol. The number of alkyl halides is 3. The van der Waals surface area contributed by atoms with Crippen LogP contribution in [0.4, 0.5) is 23.2 Å². The molecular formula is C23H17F4N3O. The number of hydrogen-bond donors (Lipinski definition) is 1. The summed E-state index contributed by atoms with van der Waals surface area (Å²) < 4.78 is 55.5. The molecule has 4 nitrogen and oxygen atoms in total. The van der Waals surface area contributed by atoms with E-state index in [4.69, 9.17) is 0 Å². The summed E-state index contributed by atoms with van der Waals surface area (Å²) in [5.41, 5.74) is 0.665. The molecule has 1 atom stereocenters. The molecule has 1 amide bonds. The van der Waals surface area contributed by atoms with Crippen LogP contribution in [-0.4, -0.2) is 15.3 Å². The van der Waals surface area contributed by atoms with Crippen LogP contribution in [0.1, 0.15) is 29.2 Å². The summed E-state index contributed by atoms with van der Waals surface area (Å²) in [6, 6.07) is 15.9. The predicted octanol–water partition coefficient (Wildman–Crippen LogP) is 5.65. The minimum Gasteiger partial charge on any atom is -0.324 e. The highest BCUT2D eigenvalue weighted by atomic mass is 19.4. The van der Waals surface area contributed by atoms with Crippen LogP contribution < -0.4 is 5.32 Å². The summed E-state index contributed by atoms with van der Waals surface area (Å²) in [7, 11) is 0. The van der Waals surface area contributed by atoms with Gasteiger partial charge in [-0.1, -0.05) is 36.4 Å². The van der Waals surface area contributed by atoms with Crippen molar-refractivity contribution >= 4 is 17.2 Å². The molecule has 2 heterocycles. The molecule has 0 saturated heterocycles. The van der Waals surface area contributed by atoms with Gasteiger partial charge in [0.25, 0.3) is 0 Å². The maximum absolute atomic E-state index is 13.9. The van der Waals surface area contributed by atoms with Crippen molar-refractivity contribution in [2.24, 2.45) is 0 Å². The number of aromatic nitrogens is 2. The molecule has 4 rings (SSSR count). The first-order chi connectivity index (χ1) is 14.8. The van der Waals surface area contributed by atoms with Gasteiger partial charge >= 0.3 is 6.18 Å². The van der Waals surface area contributed by atoms with Crippen LogP contribution in [0.3, 0.4) is 0 Å². The molecule has 0 radical (unpaired) electrons. The number of nitrogens with one attached hydrogen (secondary N) is 1. The molecule has 2 aromatic heterocycles. The highest BCUT2D eigenvalue weighted by Gasteiger charge is 2.32. The lowest BCUT2D eigenvalue weighted by Gasteiger charge is -2.19. The Morgan fingerprint density at radius 3 is 2.58 bits per heavy atom. The number of para-hydroxylation sites is 1. The number of pyridine rings is 1. The summed E-state index contributed by atoms with van der Waals surface area (Å²) in [4.78, 5) is 17.0. The predicted molar refractivity (Wildman–Crippen MR) is 108 cm³/mol. The fraction of sp³-hybridized carbons (Fsp3) is 0.130. The summed E-state index contributed by atoms with van der Waals surface area (Å²) in [6.07, 6.45) is -1.45. The van der Waals surface area contributed by atoms with E-state index < -0.39 is 29.4 Å². The van der Waals surface area contributed by atoms with Crippen LogP contribution in [0.25, 0.3) is 5.65 Å². The number of fused-ring (bicyclic) bond motifs is 1. The Labute approximate surface area is 175 Å². The minimum atomic E-state index is -4.52. The first kappa shape index (κ1) is 20.6. The SMILES string of the molecule is O=C(CC(c1cccc(C(F)(F)F)c1)c1cnc2ccccn12)Nc1ccccc1F. The van der Waals surface area contributed by atoms with Crippen molar-refractivity contribution in [2.45, 2.75) is 18.5 Å². The van der Waals surface area contributed by atoms with E-state index in [1.54, 1.807) is 40.9 Å². The second-order valence-corrected chi connectivity index (χ2v) is 7.02. The third kappa shape index (κ3) is 4.42. The Balaban J connectivity index is 1.73. The Kier molecular flexibility index (Phi) is 5.46. The van der Waals surface area contributed by atoms with Gasteiger partial charge in [-0.05, 0) is 35.9 Å². The number of carbonyl (C=O) groups excluding carboxylic acids is 1. The number of anilines is 1. The van der Waals surface area contributed by atoms with Crippen LogP contribution in [0.5, 0.6) is 0 Å². The van der Waals surface area contributed by atoms with Crippen LogP contribution in [0, 0.1) is 5.82 Å². The smallest absolute Gasteiger partial charge is 0.324 e. The van der Waals surface area contributed by atoms with Gasteiger partial charge in [0, 0.05) is 24.7 Å². The van der Waals surface area contributed by atoms with Gasteiger partial charge in [0.1, 0.15) is 11.5 Å². The summed E-state index contributed by atoms with van der Waals surface area (Å²) >= 11 is 0. The van der Waals surface area contributed by atoms with E-state index in [0.717, 1.165) is 12.1 Å². The number of halogens is 4. The van der Waals surface area contributed by atoms with Crippen molar-refractivity contribution in [1.82, 2.24) is 9.38 Å². The molecule has 0 aliphatic carbocycles. The van der Waals surface area contributed by atoms with Gasteiger partial charge in [0.15, 0.2) is 0 Å². The highest BCUT2D eigenvalue weighted by Crippen LogP contribution is 2.34. The fourth-order valence-corrected chi connectivity index (χ4v) is 3.48. The number of benzene rings is 2. The Bertz CT molecular complexity index is 1230. The second-order valence-electron chi connectivity index (χ2n) is 7.02. The van der Waals surface area contributed by atoms with E-state index in [1.165, 1.54) is 30.5 Å². The van der Waals surface area contributed by atoms with Gasteiger partial charge in [-0.15, -0.1) is 0 Å². The van der Waals surface area contributed by atoms with Gasteiger partial charge in [0.2, 0.25) is 5.91 Å². The van der Waals surface area contributed by atoms with Crippen LogP contribution >= 0.6 is 0 Å². The maximum atomic E-state index is 13.9. The van der Waals surface area contributed by atoms with Crippen LogP contribution in [-0.2, 0) is 11.0 Å². The topological polar surface area (TPSA) is 46.4 Å². The zero-order valence-electron chi connectivity index (χ0n) is 16.1. The Hall–Kier alpha value is -3.68. The molecule has 0 fully saturated rings. The van der Waals surface area contributed by atoms with Gasteiger partial charge in [-0.25, -0.2) is 9.37 Å². The third-order valence-corrected chi connectivity index (χ3v) is 4.96. The molecule has 0 spiro atoms. The van der Waals surface area contributed by atoms with E-state index in [1.807, 2.05) is 0 Å². The number of hydrogen-bond acceptors (Lipinski definition) is 2. The van der Waals surface area contributed by atoms with E-state index in [2.05, 4.69) is 10.3 Å². The van der Waals surface area contributed by atoms with E-state index in [9.17, 15) is 22.4 Å². The third-order valence-electron chi connectivity index (χ3n) is 4.96. The quantitative estimate of drug-likeness (QED) is 0.418. The van der Waals surface area contributed by atoms with Crippen LogP contribution in [0.2, 0.25) is 0 Å². The Morgan fingerprint density at radius 1 is 1.03 bits per heavy atom. The van der Waals surface area contributed by atoms with E-state index in [-0.39, 0.29) is 12.1 Å². The van der Waals surface area contributed by atoms with Crippen molar-refractivity contribution in [3.63, 3.8) is 0 Å². The zero-order chi connectivity index (χ0) is 22.0. The van der Waals surface area contributed by atoms with Crippen molar-refractivity contribution in [3.05, 3.63) is 102 Å². The molecule has 0 aliphatic rings. The molecule has 1 unspecified atom stereocenters. The lowest BCUT2D eigenvalue weighted by Crippen LogP contribution is -2.18. The van der Waals surface area contributed by atoms with Gasteiger partial charge in [-0.3, -0.25) is 4.79 Å². The minimum absolute atomic E-state index is 0.00781. The highest BCUT2D eigenvalue weighted by molar-refractivity contribution is 5.91. The van der Waals surface area contributed by atoms with Crippen molar-refractivity contribution < 1.29 is 22.4 Å². The number of carbonyl (C=O) groups is 1. The second kappa shape index (κ2) is 8.22. The van der Waals surface area contributed by atoms with E-state index >= 15 is 0 Å². The molecule has 8 heteroatoms. The van der Waals surface area contributed by atoms with Crippen molar-refractivity contribution in [2.75, 3.05) is 5.32 Å². The van der Waals surface area contributed by atoms with Crippen LogP contribution in [0.15, 0.2) is 79.1 Å². The molecule has 1 N–H and O–H groups in total. The first-order valence-electron chi connectivity index (χ1n) is 9.46. The maximum Gasteiger partial charge on any atom is 0.416 e. The summed E-state index contributed by atoms with van der Waals surface area (Å²) in [5, 5.41) is 2.50. The largest absolute Gasteiger partial charge is 0.416 e. The average Bonchev–Trinajstić information content (AvgIpc) is 3.17. The fourth-order valence-electron chi connectivity index (χ4n) is 3.48. The number of rotatable bonds is 5. The normalized spacial score (nSPS) is 12.6. The molecular weight excluding hydrogens is 410 g/mol. The molecule has 0 aliphatic heterocycles. The summed E-state index contributed by atoms with van der Waals surface area (Å²) in [5.74, 6) is -1.86. The van der Waals surface area contributed by atoms with Crippen molar-refractivity contribution in [1.29, 1.82) is 0 Å². The standard InChI is InChI=1S/C23H17F4N3O/c24-18-8-1-2-9-19(18)29-22(31)13-17(15-6-5-7-16(12-15)23(25,26)27)20-14-28-21-10-3-4-11-30(20)21/h1-12,14,17H,13H2,(H,29,31). The molecule has 31 heavy (non-hydrogen) atoms. The zero-order valence-corrected chi connectivity index (χ0v) is 16.1. The Morgan fingerprint density at radius 2 is 1.81 bits per heavy atom. The van der Waals surface area contributed by atoms with E-state index in [0.29, 0.717) is 16.9 Å². The molecule has 0 bridgehead atoms. The number of nitrogens with zero attached hydrogens (tertiary/aromatic N) is 2. The van der Waals surface area contributed by atoms with Gasteiger partial charge in [0.05, 0.1) is 16.9 Å².